The summed E-state index contributed by atoms with van der Waals surface area (Å²) < 4.78 is 18.7. The third kappa shape index (κ3) is 3.44. The molecular weight excluding hydrogens is 253 g/mol. The van der Waals surface area contributed by atoms with Crippen LogP contribution in [0.3, 0.4) is 0 Å². The van der Waals surface area contributed by atoms with Gasteiger partial charge in [0.15, 0.2) is 0 Å². The lowest BCUT2D eigenvalue weighted by atomic mass is 9.97. The van der Waals surface area contributed by atoms with Crippen LogP contribution in [0.25, 0.3) is 0 Å². The minimum absolute atomic E-state index is 0.150. The summed E-state index contributed by atoms with van der Waals surface area (Å²) in [6.07, 6.45) is 3.66. The normalized spacial score (nSPS) is 23.5. The second-order valence-corrected chi connectivity index (χ2v) is 5.36. The molecule has 2 rings (SSSR count). The van der Waals surface area contributed by atoms with Crippen LogP contribution in [0.15, 0.2) is 18.2 Å². The average Bonchev–Trinajstić information content (AvgIpc) is 2.81. The maximum absolute atomic E-state index is 13.0. The van der Waals surface area contributed by atoms with Crippen molar-refractivity contribution in [3.63, 3.8) is 0 Å². The van der Waals surface area contributed by atoms with Gasteiger partial charge < -0.3 is 10.5 Å². The Bertz CT molecular complexity index is 399. The number of benzene rings is 1. The second-order valence-electron chi connectivity index (χ2n) is 4.95. The molecule has 1 aliphatic rings. The number of hydrogen-bond donors (Lipinski definition) is 1. The molecule has 0 saturated heterocycles. The highest BCUT2D eigenvalue weighted by molar-refractivity contribution is 6.30. The van der Waals surface area contributed by atoms with Crippen molar-refractivity contribution in [2.24, 2.45) is 17.6 Å². The number of nitrogens with two attached hydrogens (primary N) is 1. The highest BCUT2D eigenvalue weighted by atomic mass is 35.5. The Labute approximate surface area is 112 Å². The van der Waals surface area contributed by atoms with Crippen molar-refractivity contribution in [3.05, 3.63) is 34.6 Å². The van der Waals surface area contributed by atoms with Crippen molar-refractivity contribution in [2.75, 3.05) is 13.2 Å². The van der Waals surface area contributed by atoms with E-state index in [0.29, 0.717) is 18.4 Å². The first kappa shape index (κ1) is 13.8. The van der Waals surface area contributed by atoms with E-state index >= 15 is 0 Å². The topological polar surface area (TPSA) is 35.2 Å². The molecule has 1 aliphatic carbocycles. The Morgan fingerprint density at radius 1 is 1.33 bits per heavy atom. The van der Waals surface area contributed by atoms with Crippen molar-refractivity contribution in [2.45, 2.75) is 25.9 Å². The van der Waals surface area contributed by atoms with Crippen molar-refractivity contribution in [3.8, 4) is 0 Å². The molecule has 100 valence electrons. The van der Waals surface area contributed by atoms with E-state index in [9.17, 15) is 4.39 Å². The SMILES string of the molecule is NCC1CCCC1COCc1ccc(F)c(Cl)c1. The second kappa shape index (κ2) is 6.50. The molecule has 1 saturated carbocycles. The Morgan fingerprint density at radius 2 is 2.11 bits per heavy atom. The van der Waals surface area contributed by atoms with Gasteiger partial charge in [0.05, 0.1) is 18.2 Å². The maximum Gasteiger partial charge on any atom is 0.141 e. The standard InChI is InChI=1S/C14H19ClFNO/c15-13-6-10(4-5-14(13)16)8-18-9-12-3-1-2-11(12)7-17/h4-6,11-12H,1-3,7-9,17H2. The van der Waals surface area contributed by atoms with E-state index in [0.717, 1.165) is 18.7 Å². The first-order chi connectivity index (χ1) is 8.70. The molecule has 0 aromatic heterocycles. The van der Waals surface area contributed by atoms with Crippen LogP contribution in [-0.2, 0) is 11.3 Å². The van der Waals surface area contributed by atoms with Gasteiger partial charge in [-0.15, -0.1) is 0 Å². The first-order valence-electron chi connectivity index (χ1n) is 6.42. The highest BCUT2D eigenvalue weighted by Crippen LogP contribution is 2.31. The van der Waals surface area contributed by atoms with Gasteiger partial charge >= 0.3 is 0 Å². The van der Waals surface area contributed by atoms with E-state index in [1.165, 1.54) is 25.3 Å². The fourth-order valence-electron chi connectivity index (χ4n) is 2.60. The summed E-state index contributed by atoms with van der Waals surface area (Å²) in [5, 5.41) is 0.150. The maximum atomic E-state index is 13.0. The summed E-state index contributed by atoms with van der Waals surface area (Å²) >= 11 is 5.72. The lowest BCUT2D eigenvalue weighted by Crippen LogP contribution is -2.22. The Morgan fingerprint density at radius 3 is 2.83 bits per heavy atom. The predicted molar refractivity (Wildman–Crippen MR) is 71.0 cm³/mol. The molecule has 0 radical (unpaired) electrons. The third-order valence-corrected chi connectivity index (χ3v) is 3.99. The van der Waals surface area contributed by atoms with E-state index in [4.69, 9.17) is 22.1 Å². The van der Waals surface area contributed by atoms with Gasteiger partial charge in [0.2, 0.25) is 0 Å². The number of ether oxygens (including phenoxy) is 1. The molecule has 18 heavy (non-hydrogen) atoms. The van der Waals surface area contributed by atoms with Crippen LogP contribution in [0.2, 0.25) is 5.02 Å². The molecule has 0 spiro atoms. The predicted octanol–water partition coefficient (Wildman–Crippen LogP) is 3.37. The molecular formula is C14H19ClFNO. The molecule has 2 N–H and O–H groups in total. The Hall–Kier alpha value is -0.640. The van der Waals surface area contributed by atoms with Gasteiger partial charge in [-0.1, -0.05) is 24.1 Å². The van der Waals surface area contributed by atoms with Gasteiger partial charge in [-0.05, 0) is 48.9 Å². The molecule has 1 aromatic rings. The van der Waals surface area contributed by atoms with Crippen molar-refractivity contribution in [1.29, 1.82) is 0 Å². The molecule has 1 fully saturated rings. The minimum atomic E-state index is -0.389. The fourth-order valence-corrected chi connectivity index (χ4v) is 2.80. The molecule has 4 heteroatoms. The quantitative estimate of drug-likeness (QED) is 0.891. The summed E-state index contributed by atoms with van der Waals surface area (Å²) in [7, 11) is 0. The van der Waals surface area contributed by atoms with Crippen LogP contribution < -0.4 is 5.73 Å². The molecule has 2 nitrogen and oxygen atoms in total. The number of rotatable bonds is 5. The van der Waals surface area contributed by atoms with Gasteiger partial charge in [0.25, 0.3) is 0 Å². The summed E-state index contributed by atoms with van der Waals surface area (Å²) in [6.45, 7) is 1.96. The molecule has 0 amide bonds. The van der Waals surface area contributed by atoms with E-state index in [1.807, 2.05) is 0 Å². The van der Waals surface area contributed by atoms with Gasteiger partial charge in [-0.25, -0.2) is 4.39 Å². The van der Waals surface area contributed by atoms with Crippen LogP contribution in [0.5, 0.6) is 0 Å². The lowest BCUT2D eigenvalue weighted by molar-refractivity contribution is 0.0753. The van der Waals surface area contributed by atoms with Crippen LogP contribution in [0.4, 0.5) is 4.39 Å². The van der Waals surface area contributed by atoms with Crippen molar-refractivity contribution < 1.29 is 9.13 Å². The fraction of sp³-hybridized carbons (Fsp3) is 0.571. The van der Waals surface area contributed by atoms with E-state index < -0.39 is 0 Å². The molecule has 2 unspecified atom stereocenters. The van der Waals surface area contributed by atoms with Gasteiger partial charge in [-0.2, -0.15) is 0 Å². The Kier molecular flexibility index (Phi) is 4.98. The zero-order chi connectivity index (χ0) is 13.0. The zero-order valence-electron chi connectivity index (χ0n) is 10.4. The summed E-state index contributed by atoms with van der Waals surface area (Å²) in [5.41, 5.74) is 6.64. The van der Waals surface area contributed by atoms with Crippen LogP contribution in [-0.4, -0.2) is 13.2 Å². The lowest BCUT2D eigenvalue weighted by Gasteiger charge is -2.17. The smallest absolute Gasteiger partial charge is 0.141 e. The van der Waals surface area contributed by atoms with E-state index in [-0.39, 0.29) is 10.8 Å². The summed E-state index contributed by atoms with van der Waals surface area (Å²) in [4.78, 5) is 0. The monoisotopic (exact) mass is 271 g/mol. The summed E-state index contributed by atoms with van der Waals surface area (Å²) in [5.74, 6) is 0.784. The molecule has 1 aromatic carbocycles. The molecule has 0 bridgehead atoms. The highest BCUT2D eigenvalue weighted by Gasteiger charge is 2.25. The zero-order valence-corrected chi connectivity index (χ0v) is 11.1. The van der Waals surface area contributed by atoms with Gasteiger partial charge in [-0.3, -0.25) is 0 Å². The van der Waals surface area contributed by atoms with Gasteiger partial charge in [0, 0.05) is 0 Å². The summed E-state index contributed by atoms with van der Waals surface area (Å²) in [6, 6.07) is 4.70. The van der Waals surface area contributed by atoms with Crippen LogP contribution in [0.1, 0.15) is 24.8 Å². The number of hydrogen-bond acceptors (Lipinski definition) is 2. The van der Waals surface area contributed by atoms with Crippen LogP contribution in [0, 0.1) is 17.7 Å². The minimum Gasteiger partial charge on any atom is -0.376 e. The molecule has 0 aliphatic heterocycles. The van der Waals surface area contributed by atoms with Crippen molar-refractivity contribution >= 4 is 11.6 Å². The van der Waals surface area contributed by atoms with Gasteiger partial charge in [0.1, 0.15) is 5.82 Å². The molecule has 2 atom stereocenters. The van der Waals surface area contributed by atoms with E-state index in [1.54, 1.807) is 12.1 Å². The third-order valence-electron chi connectivity index (χ3n) is 3.70. The van der Waals surface area contributed by atoms with E-state index in [2.05, 4.69) is 0 Å². The number of halogens is 2. The van der Waals surface area contributed by atoms with Crippen LogP contribution >= 0.6 is 11.6 Å². The average molecular weight is 272 g/mol. The molecule has 0 heterocycles. The Balaban J connectivity index is 1.79. The first-order valence-corrected chi connectivity index (χ1v) is 6.80. The van der Waals surface area contributed by atoms with Crippen molar-refractivity contribution in [1.82, 2.24) is 0 Å². The largest absolute Gasteiger partial charge is 0.376 e.